The Bertz CT molecular complexity index is 1230. The molecule has 2 saturated heterocycles. The molecule has 3 aliphatic heterocycles. The number of carbonyl (C=O) groups excluding carboxylic acids is 2. The van der Waals surface area contributed by atoms with E-state index in [0.29, 0.717) is 37.7 Å². The van der Waals surface area contributed by atoms with Gasteiger partial charge in [-0.05, 0) is 29.6 Å². The number of aliphatic imine (C=N–C) groups is 1. The van der Waals surface area contributed by atoms with Crippen LogP contribution >= 0.6 is 0 Å². The molecule has 0 bridgehead atoms. The number of fused-ring (bicyclic) bond motifs is 1. The van der Waals surface area contributed by atoms with Gasteiger partial charge in [0.25, 0.3) is 17.8 Å². The quantitative estimate of drug-likeness (QED) is 0.620. The SMILES string of the molecule is Cc1cccc(C[N+]2=C(CN3CCN(c4ccccc4F)CC3)N=C3C2C(=O)N(C)C(=O)N3C)c1. The van der Waals surface area contributed by atoms with Gasteiger partial charge in [-0.15, -0.1) is 0 Å². The number of urea groups is 1. The van der Waals surface area contributed by atoms with Crippen molar-refractivity contribution in [3.63, 3.8) is 0 Å². The summed E-state index contributed by atoms with van der Waals surface area (Å²) in [5.41, 5.74) is 2.85. The van der Waals surface area contributed by atoms with Crippen LogP contribution in [0.5, 0.6) is 0 Å². The summed E-state index contributed by atoms with van der Waals surface area (Å²) in [5.74, 6) is 0.778. The number of nitrogens with zero attached hydrogens (tertiary/aromatic N) is 6. The van der Waals surface area contributed by atoms with Crippen LogP contribution in [0.1, 0.15) is 11.1 Å². The maximum absolute atomic E-state index is 14.2. The Kier molecular flexibility index (Phi) is 6.10. The van der Waals surface area contributed by atoms with Gasteiger partial charge in [0.1, 0.15) is 18.9 Å². The van der Waals surface area contributed by atoms with Crippen molar-refractivity contribution in [1.29, 1.82) is 0 Å². The molecule has 0 N–H and O–H groups in total. The van der Waals surface area contributed by atoms with Crippen molar-refractivity contribution in [3.8, 4) is 0 Å². The van der Waals surface area contributed by atoms with E-state index in [1.165, 1.54) is 22.9 Å². The lowest BCUT2D eigenvalue weighted by Gasteiger charge is -2.35. The zero-order chi connectivity index (χ0) is 24.7. The summed E-state index contributed by atoms with van der Waals surface area (Å²) < 4.78 is 16.3. The average Bonchev–Trinajstić information content (AvgIpc) is 3.20. The van der Waals surface area contributed by atoms with Crippen LogP contribution < -0.4 is 4.90 Å². The molecular weight excluding hydrogens is 447 g/mol. The molecule has 1 unspecified atom stereocenters. The topological polar surface area (TPSA) is 62.5 Å². The molecule has 0 aromatic heterocycles. The van der Waals surface area contributed by atoms with Gasteiger partial charge in [-0.3, -0.25) is 19.5 Å². The van der Waals surface area contributed by atoms with E-state index in [4.69, 9.17) is 4.99 Å². The van der Waals surface area contributed by atoms with Gasteiger partial charge in [0, 0.05) is 40.3 Å². The molecule has 0 radical (unpaired) electrons. The first-order valence-electron chi connectivity index (χ1n) is 11.9. The van der Waals surface area contributed by atoms with E-state index < -0.39 is 6.04 Å². The van der Waals surface area contributed by atoms with Crippen LogP contribution in [0.2, 0.25) is 0 Å². The Morgan fingerprint density at radius 2 is 1.74 bits per heavy atom. The minimum absolute atomic E-state index is 0.207. The molecule has 0 saturated carbocycles. The van der Waals surface area contributed by atoms with Crippen LogP contribution in [0, 0.1) is 12.7 Å². The highest BCUT2D eigenvalue weighted by Crippen LogP contribution is 2.23. The third-order valence-corrected chi connectivity index (χ3v) is 6.98. The van der Waals surface area contributed by atoms with Gasteiger partial charge in [-0.1, -0.05) is 42.0 Å². The molecule has 2 aromatic rings. The number of likely N-dealkylation sites (N-methyl/N-ethyl adjacent to an activating group) is 2. The summed E-state index contributed by atoms with van der Waals surface area (Å²) in [6.45, 7) is 6.00. The van der Waals surface area contributed by atoms with E-state index in [0.717, 1.165) is 30.1 Å². The Morgan fingerprint density at radius 3 is 2.46 bits per heavy atom. The number of rotatable bonds is 5. The zero-order valence-corrected chi connectivity index (χ0v) is 20.3. The monoisotopic (exact) mass is 477 g/mol. The third kappa shape index (κ3) is 4.32. The lowest BCUT2D eigenvalue weighted by molar-refractivity contribution is -0.552. The van der Waals surface area contributed by atoms with Crippen LogP contribution in [0.15, 0.2) is 53.5 Å². The van der Waals surface area contributed by atoms with Crippen molar-refractivity contribution in [3.05, 3.63) is 65.5 Å². The molecular formula is C26H30FN6O2+. The third-order valence-electron chi connectivity index (χ3n) is 6.98. The molecule has 1 atom stereocenters. The predicted molar refractivity (Wildman–Crippen MR) is 132 cm³/mol. The molecule has 0 aliphatic carbocycles. The number of hydrogen-bond acceptors (Lipinski definition) is 5. The number of anilines is 1. The van der Waals surface area contributed by atoms with Crippen LogP contribution in [-0.2, 0) is 11.3 Å². The van der Waals surface area contributed by atoms with Gasteiger partial charge in [-0.25, -0.2) is 13.8 Å². The van der Waals surface area contributed by atoms with Gasteiger partial charge in [0.2, 0.25) is 0 Å². The summed E-state index contributed by atoms with van der Waals surface area (Å²) in [6.07, 6.45) is 0. The Balaban J connectivity index is 1.40. The molecule has 182 valence electrons. The highest BCUT2D eigenvalue weighted by atomic mass is 19.1. The minimum Gasteiger partial charge on any atom is -0.367 e. The van der Waals surface area contributed by atoms with Crippen molar-refractivity contribution < 1.29 is 18.6 Å². The smallest absolute Gasteiger partial charge is 0.333 e. The number of carbonyl (C=O) groups is 2. The van der Waals surface area contributed by atoms with Crippen molar-refractivity contribution >= 4 is 29.3 Å². The van der Waals surface area contributed by atoms with Gasteiger partial charge in [0.15, 0.2) is 0 Å². The van der Waals surface area contributed by atoms with E-state index in [1.54, 1.807) is 13.1 Å². The first-order chi connectivity index (χ1) is 16.8. The highest BCUT2D eigenvalue weighted by Gasteiger charge is 2.53. The summed E-state index contributed by atoms with van der Waals surface area (Å²) in [6, 6.07) is 14.1. The number of imide groups is 1. The normalized spacial score (nSPS) is 21.1. The molecule has 35 heavy (non-hydrogen) atoms. The van der Waals surface area contributed by atoms with Gasteiger partial charge < -0.3 is 4.90 Å². The van der Waals surface area contributed by atoms with Crippen LogP contribution in [0.25, 0.3) is 0 Å². The number of hydrogen-bond donors (Lipinski definition) is 0. The van der Waals surface area contributed by atoms with Crippen LogP contribution in [0.4, 0.5) is 14.9 Å². The summed E-state index contributed by atoms with van der Waals surface area (Å²) in [7, 11) is 3.18. The van der Waals surface area contributed by atoms with Crippen molar-refractivity contribution in [1.82, 2.24) is 14.7 Å². The van der Waals surface area contributed by atoms with Gasteiger partial charge in [0.05, 0.1) is 5.69 Å². The molecule has 2 fully saturated rings. The fourth-order valence-corrected chi connectivity index (χ4v) is 5.02. The predicted octanol–water partition coefficient (Wildman–Crippen LogP) is 2.17. The Labute approximate surface area is 204 Å². The maximum atomic E-state index is 14.2. The Hall–Kier alpha value is -3.59. The first kappa shape index (κ1) is 23.2. The number of amidine groups is 2. The second-order valence-electron chi connectivity index (χ2n) is 9.36. The van der Waals surface area contributed by atoms with Crippen molar-refractivity contribution in [2.75, 3.05) is 51.7 Å². The largest absolute Gasteiger partial charge is 0.367 e. The molecule has 5 rings (SSSR count). The number of para-hydroxylation sites is 1. The van der Waals surface area contributed by atoms with Crippen molar-refractivity contribution in [2.45, 2.75) is 19.5 Å². The molecule has 3 amide bonds. The average molecular weight is 478 g/mol. The Morgan fingerprint density at radius 1 is 1.00 bits per heavy atom. The molecule has 0 spiro atoms. The number of aryl methyl sites for hydroxylation is 1. The maximum Gasteiger partial charge on any atom is 0.333 e. The van der Waals surface area contributed by atoms with Crippen LogP contribution in [-0.4, -0.2) is 95.7 Å². The number of piperazine rings is 1. The lowest BCUT2D eigenvalue weighted by Crippen LogP contribution is -2.61. The molecule has 8 nitrogen and oxygen atoms in total. The zero-order valence-electron chi connectivity index (χ0n) is 20.3. The number of benzene rings is 2. The summed E-state index contributed by atoms with van der Waals surface area (Å²) in [4.78, 5) is 37.5. The fraction of sp³-hybridized carbons (Fsp3) is 0.385. The minimum atomic E-state index is -0.627. The highest BCUT2D eigenvalue weighted by molar-refractivity contribution is 6.23. The van der Waals surface area contributed by atoms with Gasteiger partial charge >= 0.3 is 11.9 Å². The van der Waals surface area contributed by atoms with E-state index in [2.05, 4.69) is 15.9 Å². The number of amides is 3. The molecule has 9 heteroatoms. The lowest BCUT2D eigenvalue weighted by atomic mass is 10.1. The summed E-state index contributed by atoms with van der Waals surface area (Å²) in [5, 5.41) is 0. The number of halogens is 1. The summed E-state index contributed by atoms with van der Waals surface area (Å²) >= 11 is 0. The standard InChI is InChI=1S/C26H30FN6O2/c1-18-7-6-8-19(15-18)16-33-22(28-24-23(33)25(34)30(3)26(35)29(24)2)17-31-11-13-32(14-12-31)21-10-5-4-9-20(21)27/h4-10,15,23H,11-14,16-17H2,1-3H3/q+1. The fourth-order valence-electron chi connectivity index (χ4n) is 5.02. The molecule has 3 heterocycles. The van der Waals surface area contributed by atoms with E-state index in [1.807, 2.05) is 41.8 Å². The van der Waals surface area contributed by atoms with Gasteiger partial charge in [-0.2, -0.15) is 0 Å². The molecule has 3 aliphatic rings. The second kappa shape index (κ2) is 9.22. The van der Waals surface area contributed by atoms with E-state index >= 15 is 0 Å². The first-order valence-corrected chi connectivity index (χ1v) is 11.9. The molecule has 2 aromatic carbocycles. The van der Waals surface area contributed by atoms with Crippen LogP contribution in [0.3, 0.4) is 0 Å². The van der Waals surface area contributed by atoms with E-state index in [9.17, 15) is 14.0 Å². The van der Waals surface area contributed by atoms with Crippen molar-refractivity contribution in [2.24, 2.45) is 4.99 Å². The second-order valence-corrected chi connectivity index (χ2v) is 9.36. The van der Waals surface area contributed by atoms with E-state index in [-0.39, 0.29) is 17.8 Å².